The molecular formula is C13H16BrNO. The van der Waals surface area contributed by atoms with Crippen LogP contribution in [0, 0.1) is 5.41 Å². The molecule has 1 atom stereocenters. The monoisotopic (exact) mass is 281 g/mol. The van der Waals surface area contributed by atoms with Gasteiger partial charge in [-0.05, 0) is 23.6 Å². The van der Waals surface area contributed by atoms with Gasteiger partial charge in [0.2, 0.25) is 5.90 Å². The number of rotatable bonds is 1. The summed E-state index contributed by atoms with van der Waals surface area (Å²) >= 11 is 3.45. The van der Waals surface area contributed by atoms with Crippen molar-refractivity contribution in [1.29, 1.82) is 0 Å². The molecule has 0 N–H and O–H groups in total. The lowest BCUT2D eigenvalue weighted by Gasteiger charge is -2.21. The van der Waals surface area contributed by atoms with E-state index in [-0.39, 0.29) is 11.5 Å². The molecule has 0 bridgehead atoms. The Kier molecular flexibility index (Phi) is 3.06. The smallest absolute Gasteiger partial charge is 0.216 e. The van der Waals surface area contributed by atoms with E-state index >= 15 is 0 Å². The second-order valence-electron chi connectivity index (χ2n) is 5.14. The Hall–Kier alpha value is -0.830. The van der Waals surface area contributed by atoms with Crippen molar-refractivity contribution < 1.29 is 4.74 Å². The first kappa shape index (κ1) is 11.6. The Morgan fingerprint density at radius 2 is 2.12 bits per heavy atom. The highest BCUT2D eigenvalue weighted by Gasteiger charge is 2.30. The van der Waals surface area contributed by atoms with Gasteiger partial charge in [-0.15, -0.1) is 0 Å². The van der Waals surface area contributed by atoms with Crippen LogP contribution in [0.1, 0.15) is 26.3 Å². The average Bonchev–Trinajstić information content (AvgIpc) is 2.65. The molecule has 0 aliphatic carbocycles. The molecule has 1 aromatic carbocycles. The summed E-state index contributed by atoms with van der Waals surface area (Å²) in [6, 6.07) is 8.30. The Labute approximate surface area is 105 Å². The number of hydrogen-bond donors (Lipinski definition) is 0. The fourth-order valence-corrected chi connectivity index (χ4v) is 2.00. The number of ether oxygens (including phenoxy) is 1. The van der Waals surface area contributed by atoms with E-state index in [4.69, 9.17) is 4.74 Å². The number of nitrogens with zero attached hydrogens (tertiary/aromatic N) is 1. The largest absolute Gasteiger partial charge is 0.475 e. The van der Waals surface area contributed by atoms with E-state index < -0.39 is 0 Å². The van der Waals surface area contributed by atoms with E-state index in [1.165, 1.54) is 0 Å². The van der Waals surface area contributed by atoms with Crippen molar-refractivity contribution >= 4 is 21.8 Å². The van der Waals surface area contributed by atoms with E-state index in [1.54, 1.807) is 0 Å². The number of hydrogen-bond acceptors (Lipinski definition) is 2. The molecule has 0 spiro atoms. The quantitative estimate of drug-likeness (QED) is 0.770. The van der Waals surface area contributed by atoms with E-state index in [9.17, 15) is 0 Å². The molecule has 0 fully saturated rings. The lowest BCUT2D eigenvalue weighted by molar-refractivity contribution is 0.236. The molecule has 2 nitrogen and oxygen atoms in total. The Balaban J connectivity index is 2.25. The first-order chi connectivity index (χ1) is 7.47. The van der Waals surface area contributed by atoms with Crippen LogP contribution in [-0.4, -0.2) is 18.5 Å². The van der Waals surface area contributed by atoms with Crippen molar-refractivity contribution in [3.8, 4) is 0 Å². The molecule has 0 aromatic heterocycles. The van der Waals surface area contributed by atoms with E-state index in [0.717, 1.165) is 15.9 Å². The molecule has 0 saturated heterocycles. The van der Waals surface area contributed by atoms with Crippen molar-refractivity contribution in [2.45, 2.75) is 26.8 Å². The molecule has 1 aliphatic rings. The lowest BCUT2D eigenvalue weighted by Crippen LogP contribution is -2.25. The Bertz CT molecular complexity index is 420. The predicted molar refractivity (Wildman–Crippen MR) is 69.9 cm³/mol. The van der Waals surface area contributed by atoms with E-state index in [1.807, 2.05) is 24.3 Å². The number of benzene rings is 1. The Morgan fingerprint density at radius 3 is 2.69 bits per heavy atom. The van der Waals surface area contributed by atoms with Crippen molar-refractivity contribution in [1.82, 2.24) is 0 Å². The van der Waals surface area contributed by atoms with Crippen LogP contribution < -0.4 is 0 Å². The van der Waals surface area contributed by atoms with E-state index in [2.05, 4.69) is 41.7 Å². The van der Waals surface area contributed by atoms with Crippen molar-refractivity contribution in [3.63, 3.8) is 0 Å². The van der Waals surface area contributed by atoms with Crippen molar-refractivity contribution in [3.05, 3.63) is 34.3 Å². The first-order valence-corrected chi connectivity index (χ1v) is 6.22. The number of halogens is 1. The standard InChI is InChI=1S/C13H16BrNO/c1-13(2,3)11-8-16-12(15-11)9-5-4-6-10(14)7-9/h4-7,11H,8H2,1-3H3/t11-/m0/s1. The zero-order valence-corrected chi connectivity index (χ0v) is 11.4. The van der Waals surface area contributed by atoms with Crippen LogP contribution in [0.15, 0.2) is 33.7 Å². The van der Waals surface area contributed by atoms with Gasteiger partial charge in [-0.3, -0.25) is 0 Å². The molecule has 86 valence electrons. The highest BCUT2D eigenvalue weighted by atomic mass is 79.9. The number of aliphatic imine (C=N–C) groups is 1. The second kappa shape index (κ2) is 4.21. The van der Waals surface area contributed by atoms with E-state index in [0.29, 0.717) is 6.61 Å². The van der Waals surface area contributed by atoms with Gasteiger partial charge < -0.3 is 4.74 Å². The highest BCUT2D eigenvalue weighted by molar-refractivity contribution is 9.10. The first-order valence-electron chi connectivity index (χ1n) is 5.43. The minimum atomic E-state index is 0.160. The van der Waals surface area contributed by atoms with Crippen LogP contribution in [0.5, 0.6) is 0 Å². The maximum Gasteiger partial charge on any atom is 0.216 e. The zero-order valence-electron chi connectivity index (χ0n) is 9.83. The van der Waals surface area contributed by atoms with Gasteiger partial charge >= 0.3 is 0 Å². The SMILES string of the molecule is CC(C)(C)[C@@H]1COC(c2cccc(Br)c2)=N1. The molecule has 0 amide bonds. The topological polar surface area (TPSA) is 21.6 Å². The average molecular weight is 282 g/mol. The summed E-state index contributed by atoms with van der Waals surface area (Å²) in [5.74, 6) is 0.765. The molecule has 2 rings (SSSR count). The minimum absolute atomic E-state index is 0.160. The molecule has 0 saturated carbocycles. The molecular weight excluding hydrogens is 266 g/mol. The van der Waals surface area contributed by atoms with Gasteiger partial charge in [0.1, 0.15) is 6.61 Å². The van der Waals surface area contributed by atoms with Crippen molar-refractivity contribution in [2.75, 3.05) is 6.61 Å². The van der Waals surface area contributed by atoms with Crippen LogP contribution in [0.3, 0.4) is 0 Å². The van der Waals surface area contributed by atoms with Crippen molar-refractivity contribution in [2.24, 2.45) is 10.4 Å². The van der Waals surface area contributed by atoms with Gasteiger partial charge in [0.05, 0.1) is 6.04 Å². The summed E-state index contributed by atoms with van der Waals surface area (Å²) < 4.78 is 6.71. The summed E-state index contributed by atoms with van der Waals surface area (Å²) in [4.78, 5) is 4.64. The summed E-state index contributed by atoms with van der Waals surface area (Å²) in [6.07, 6.45) is 0. The van der Waals surface area contributed by atoms with Crippen LogP contribution >= 0.6 is 15.9 Å². The summed E-state index contributed by atoms with van der Waals surface area (Å²) in [6.45, 7) is 7.25. The molecule has 3 heteroatoms. The van der Waals surface area contributed by atoms with Gasteiger partial charge in [0, 0.05) is 10.0 Å². The maximum absolute atomic E-state index is 5.66. The third kappa shape index (κ3) is 2.46. The fraction of sp³-hybridized carbons (Fsp3) is 0.462. The molecule has 0 radical (unpaired) electrons. The third-order valence-electron chi connectivity index (χ3n) is 2.72. The predicted octanol–water partition coefficient (Wildman–Crippen LogP) is 3.64. The Morgan fingerprint density at radius 1 is 1.38 bits per heavy atom. The van der Waals surface area contributed by atoms with Crippen LogP contribution in [0.2, 0.25) is 0 Å². The fourth-order valence-electron chi connectivity index (χ4n) is 1.60. The van der Waals surface area contributed by atoms with Crippen LogP contribution in [0.25, 0.3) is 0 Å². The molecule has 1 aliphatic heterocycles. The normalized spacial score (nSPS) is 20.5. The summed E-state index contributed by atoms with van der Waals surface area (Å²) in [5.41, 5.74) is 1.20. The summed E-state index contributed by atoms with van der Waals surface area (Å²) in [5, 5.41) is 0. The summed E-state index contributed by atoms with van der Waals surface area (Å²) in [7, 11) is 0. The van der Waals surface area contributed by atoms with Crippen LogP contribution in [-0.2, 0) is 4.74 Å². The van der Waals surface area contributed by atoms with Gasteiger partial charge in [0.25, 0.3) is 0 Å². The molecule has 0 unspecified atom stereocenters. The lowest BCUT2D eigenvalue weighted by atomic mass is 9.88. The molecule has 16 heavy (non-hydrogen) atoms. The zero-order chi connectivity index (χ0) is 11.8. The van der Waals surface area contributed by atoms with Gasteiger partial charge in [0.15, 0.2) is 0 Å². The van der Waals surface area contributed by atoms with Crippen LogP contribution in [0.4, 0.5) is 0 Å². The minimum Gasteiger partial charge on any atom is -0.475 e. The van der Waals surface area contributed by atoms with Gasteiger partial charge in [-0.2, -0.15) is 0 Å². The molecule has 1 heterocycles. The van der Waals surface area contributed by atoms with Gasteiger partial charge in [-0.1, -0.05) is 42.8 Å². The molecule has 1 aromatic rings. The third-order valence-corrected chi connectivity index (χ3v) is 3.22. The highest BCUT2D eigenvalue weighted by Crippen LogP contribution is 2.27. The van der Waals surface area contributed by atoms with Gasteiger partial charge in [-0.25, -0.2) is 4.99 Å². The second-order valence-corrected chi connectivity index (χ2v) is 6.05. The maximum atomic E-state index is 5.66.